The first-order chi connectivity index (χ1) is 8.11. The topological polar surface area (TPSA) is 35.2 Å². The van der Waals surface area contributed by atoms with Gasteiger partial charge < -0.3 is 10.5 Å². The van der Waals surface area contributed by atoms with Gasteiger partial charge in [0, 0.05) is 11.6 Å². The van der Waals surface area contributed by atoms with Crippen molar-refractivity contribution in [1.29, 1.82) is 0 Å². The molecule has 2 nitrogen and oxygen atoms in total. The molecule has 18 heavy (non-hydrogen) atoms. The van der Waals surface area contributed by atoms with Gasteiger partial charge in [0.25, 0.3) is 0 Å². The molecular formula is C10H9F6NO. The van der Waals surface area contributed by atoms with Gasteiger partial charge in [-0.3, -0.25) is 0 Å². The Balaban J connectivity index is 3.15. The number of hydrogen-bond acceptors (Lipinski definition) is 2. The highest BCUT2D eigenvalue weighted by Gasteiger charge is 2.62. The van der Waals surface area contributed by atoms with Gasteiger partial charge in [-0.1, -0.05) is 6.07 Å². The number of rotatable bonds is 3. The molecule has 1 rings (SSSR count). The number of benzene rings is 1. The molecule has 1 aromatic rings. The molecule has 0 heterocycles. The minimum Gasteiger partial charge on any atom is -0.497 e. The fraction of sp³-hybridized carbons (Fsp3) is 0.400. The van der Waals surface area contributed by atoms with Gasteiger partial charge in [0.1, 0.15) is 17.6 Å². The van der Waals surface area contributed by atoms with Crippen molar-refractivity contribution in [2.45, 2.75) is 18.1 Å². The maximum absolute atomic E-state index is 13.3. The first kappa shape index (κ1) is 14.6. The SMILES string of the molecule is COc1ccc([C@H](N)C(F)(F)C(F)(F)F)c(F)c1. The van der Waals surface area contributed by atoms with Crippen LogP contribution in [-0.2, 0) is 0 Å². The van der Waals surface area contributed by atoms with Crippen LogP contribution in [0, 0.1) is 5.82 Å². The standard InChI is InChI=1S/C10H9F6NO/c1-18-5-2-3-6(7(11)4-5)8(17)9(12,13)10(14,15)16/h2-4,8H,17H2,1H3/t8-/m0/s1. The number of hydrogen-bond donors (Lipinski definition) is 1. The zero-order valence-corrected chi connectivity index (χ0v) is 9.06. The van der Waals surface area contributed by atoms with E-state index in [4.69, 9.17) is 5.73 Å². The molecule has 1 aromatic carbocycles. The molecule has 8 heteroatoms. The third kappa shape index (κ3) is 2.53. The highest BCUT2D eigenvalue weighted by molar-refractivity contribution is 5.32. The second-order valence-electron chi connectivity index (χ2n) is 3.49. The largest absolute Gasteiger partial charge is 0.497 e. The van der Waals surface area contributed by atoms with E-state index in [-0.39, 0.29) is 5.75 Å². The van der Waals surface area contributed by atoms with Crippen molar-refractivity contribution in [2.24, 2.45) is 5.73 Å². The Bertz CT molecular complexity index is 431. The normalized spacial score (nSPS) is 14.4. The lowest BCUT2D eigenvalue weighted by Crippen LogP contribution is -2.46. The summed E-state index contributed by atoms with van der Waals surface area (Å²) >= 11 is 0. The Labute approximate surface area is 98.3 Å². The summed E-state index contributed by atoms with van der Waals surface area (Å²) in [6, 6.07) is -0.353. The Kier molecular flexibility index (Phi) is 3.80. The van der Waals surface area contributed by atoms with E-state index in [9.17, 15) is 26.3 Å². The third-order valence-electron chi connectivity index (χ3n) is 2.31. The molecule has 0 fully saturated rings. The van der Waals surface area contributed by atoms with Crippen LogP contribution in [-0.4, -0.2) is 19.2 Å². The van der Waals surface area contributed by atoms with Crippen molar-refractivity contribution in [2.75, 3.05) is 7.11 Å². The van der Waals surface area contributed by atoms with Crippen LogP contribution in [0.15, 0.2) is 18.2 Å². The van der Waals surface area contributed by atoms with Gasteiger partial charge in [-0.05, 0) is 6.07 Å². The van der Waals surface area contributed by atoms with E-state index in [1.165, 1.54) is 7.11 Å². The van der Waals surface area contributed by atoms with Crippen LogP contribution in [0.4, 0.5) is 26.3 Å². The van der Waals surface area contributed by atoms with Crippen LogP contribution in [0.2, 0.25) is 0 Å². The summed E-state index contributed by atoms with van der Waals surface area (Å²) in [5.74, 6) is -6.52. The lowest BCUT2D eigenvalue weighted by molar-refractivity contribution is -0.291. The van der Waals surface area contributed by atoms with Crippen molar-refractivity contribution in [3.63, 3.8) is 0 Å². The van der Waals surface area contributed by atoms with Crippen molar-refractivity contribution >= 4 is 0 Å². The van der Waals surface area contributed by atoms with Gasteiger partial charge in [0.05, 0.1) is 7.11 Å². The van der Waals surface area contributed by atoms with Crippen LogP contribution in [0.3, 0.4) is 0 Å². The van der Waals surface area contributed by atoms with E-state index in [1.807, 2.05) is 0 Å². The molecule has 1 atom stereocenters. The number of alkyl halides is 5. The molecule has 2 N–H and O–H groups in total. The van der Waals surface area contributed by atoms with Crippen LogP contribution < -0.4 is 10.5 Å². The molecule has 0 radical (unpaired) electrons. The lowest BCUT2D eigenvalue weighted by Gasteiger charge is -2.26. The van der Waals surface area contributed by atoms with Gasteiger partial charge in [-0.25, -0.2) is 4.39 Å². The van der Waals surface area contributed by atoms with Gasteiger partial charge >= 0.3 is 12.1 Å². The van der Waals surface area contributed by atoms with Gasteiger partial charge in [0.15, 0.2) is 0 Å². The smallest absolute Gasteiger partial charge is 0.455 e. The first-order valence-corrected chi connectivity index (χ1v) is 4.64. The molecule has 102 valence electrons. The van der Waals surface area contributed by atoms with Gasteiger partial charge in [-0.15, -0.1) is 0 Å². The molecule has 0 aliphatic rings. The summed E-state index contributed by atoms with van der Waals surface area (Å²) in [6.07, 6.45) is -5.85. The van der Waals surface area contributed by atoms with E-state index in [0.29, 0.717) is 6.07 Å². The van der Waals surface area contributed by atoms with Gasteiger partial charge in [-0.2, -0.15) is 22.0 Å². The van der Waals surface area contributed by atoms with Crippen molar-refractivity contribution in [3.05, 3.63) is 29.6 Å². The number of methoxy groups -OCH3 is 1. The zero-order chi connectivity index (χ0) is 14.1. The molecular weight excluding hydrogens is 264 g/mol. The fourth-order valence-electron chi connectivity index (χ4n) is 1.26. The molecule has 0 bridgehead atoms. The van der Waals surface area contributed by atoms with E-state index in [2.05, 4.69) is 4.74 Å². The predicted octanol–water partition coefficient (Wildman–Crippen LogP) is 3.03. The van der Waals surface area contributed by atoms with Gasteiger partial charge in [0.2, 0.25) is 0 Å². The molecule has 0 aliphatic heterocycles. The van der Waals surface area contributed by atoms with Crippen LogP contribution in [0.1, 0.15) is 11.6 Å². The molecule has 0 unspecified atom stereocenters. The summed E-state index contributed by atoms with van der Waals surface area (Å²) in [7, 11) is 1.19. The second-order valence-corrected chi connectivity index (χ2v) is 3.49. The summed E-state index contributed by atoms with van der Waals surface area (Å²) in [5, 5.41) is 0. The molecule has 0 aliphatic carbocycles. The van der Waals surface area contributed by atoms with E-state index in [1.54, 1.807) is 0 Å². The molecule has 0 amide bonds. The first-order valence-electron chi connectivity index (χ1n) is 4.64. The Morgan fingerprint density at radius 3 is 2.11 bits per heavy atom. The zero-order valence-electron chi connectivity index (χ0n) is 9.06. The molecule has 0 saturated heterocycles. The maximum Gasteiger partial charge on any atom is 0.455 e. The second kappa shape index (κ2) is 4.68. The number of nitrogens with two attached hydrogens (primary N) is 1. The number of ether oxygens (including phenoxy) is 1. The molecule has 0 saturated carbocycles. The molecule has 0 aromatic heterocycles. The quantitative estimate of drug-likeness (QED) is 0.859. The van der Waals surface area contributed by atoms with Crippen LogP contribution in [0.25, 0.3) is 0 Å². The predicted molar refractivity (Wildman–Crippen MR) is 50.9 cm³/mol. The minimum absolute atomic E-state index is 0.0150. The van der Waals surface area contributed by atoms with E-state index in [0.717, 1.165) is 12.1 Å². The minimum atomic E-state index is -5.85. The Morgan fingerprint density at radius 1 is 1.17 bits per heavy atom. The fourth-order valence-corrected chi connectivity index (χ4v) is 1.26. The Morgan fingerprint density at radius 2 is 1.72 bits per heavy atom. The van der Waals surface area contributed by atoms with Crippen molar-refractivity contribution in [3.8, 4) is 5.75 Å². The van der Waals surface area contributed by atoms with Crippen molar-refractivity contribution in [1.82, 2.24) is 0 Å². The third-order valence-corrected chi connectivity index (χ3v) is 2.31. The average Bonchev–Trinajstić information content (AvgIpc) is 2.26. The summed E-state index contributed by atoms with van der Waals surface area (Å²) in [4.78, 5) is 0. The Hall–Kier alpha value is -1.44. The van der Waals surface area contributed by atoms with Crippen molar-refractivity contribution < 1.29 is 31.1 Å². The highest BCUT2D eigenvalue weighted by atomic mass is 19.4. The monoisotopic (exact) mass is 273 g/mol. The highest BCUT2D eigenvalue weighted by Crippen LogP contribution is 2.43. The lowest BCUT2D eigenvalue weighted by atomic mass is 10.0. The summed E-state index contributed by atoms with van der Waals surface area (Å²) in [5.41, 5.74) is 3.87. The maximum atomic E-state index is 13.3. The summed E-state index contributed by atoms with van der Waals surface area (Å²) in [6.45, 7) is 0. The van der Waals surface area contributed by atoms with E-state index >= 15 is 0 Å². The molecule has 0 spiro atoms. The average molecular weight is 273 g/mol. The van der Waals surface area contributed by atoms with Crippen LogP contribution in [0.5, 0.6) is 5.75 Å². The van der Waals surface area contributed by atoms with E-state index < -0.39 is 29.5 Å². The van der Waals surface area contributed by atoms with Crippen LogP contribution >= 0.6 is 0 Å². The summed E-state index contributed by atoms with van der Waals surface area (Å²) < 4.78 is 80.0. The number of halogens is 6.